The second kappa shape index (κ2) is 6.41. The van der Waals surface area contributed by atoms with Gasteiger partial charge in [0.05, 0.1) is 11.2 Å². The Kier molecular flexibility index (Phi) is 5.04. The molecule has 5 heteroatoms. The Labute approximate surface area is 130 Å². The first-order valence-corrected chi connectivity index (χ1v) is 11.6. The molecule has 0 atom stereocenters. The molecule has 0 bridgehead atoms. The van der Waals surface area contributed by atoms with Gasteiger partial charge in [-0.2, -0.15) is 5.10 Å². The number of aromatic nitrogens is 2. The van der Waals surface area contributed by atoms with Crippen LogP contribution in [0.3, 0.4) is 0 Å². The number of halogens is 1. The van der Waals surface area contributed by atoms with Crippen molar-refractivity contribution in [3.05, 3.63) is 28.4 Å². The lowest BCUT2D eigenvalue weighted by molar-refractivity contribution is 0.0814. The predicted octanol–water partition coefficient (Wildman–Crippen LogP) is 4.67. The lowest BCUT2D eigenvalue weighted by Crippen LogP contribution is -2.22. The maximum atomic E-state index is 5.82. The molecule has 2 rings (SSSR count). The summed E-state index contributed by atoms with van der Waals surface area (Å²) in [4.78, 5) is 0. The van der Waals surface area contributed by atoms with Gasteiger partial charge in [0, 0.05) is 24.5 Å². The molecule has 2 aromatic rings. The van der Waals surface area contributed by atoms with Crippen molar-refractivity contribution >= 4 is 34.9 Å². The number of aryl methyl sites for hydroxylation is 1. The first kappa shape index (κ1) is 15.7. The third-order valence-electron chi connectivity index (χ3n) is 3.33. The van der Waals surface area contributed by atoms with Gasteiger partial charge in [0.1, 0.15) is 6.73 Å². The van der Waals surface area contributed by atoms with Crippen molar-refractivity contribution < 1.29 is 4.74 Å². The minimum absolute atomic E-state index is 0.544. The van der Waals surface area contributed by atoms with Crippen LogP contribution in [-0.4, -0.2) is 24.5 Å². The van der Waals surface area contributed by atoms with Crippen LogP contribution in [0.15, 0.2) is 22.7 Å². The van der Waals surface area contributed by atoms with Gasteiger partial charge in [0.25, 0.3) is 0 Å². The topological polar surface area (TPSA) is 27.1 Å². The minimum Gasteiger partial charge on any atom is -0.360 e. The van der Waals surface area contributed by atoms with E-state index in [-0.39, 0.29) is 0 Å². The summed E-state index contributed by atoms with van der Waals surface area (Å²) in [6.07, 6.45) is 0.939. The van der Waals surface area contributed by atoms with E-state index in [1.807, 2.05) is 4.68 Å². The van der Waals surface area contributed by atoms with Crippen molar-refractivity contribution in [2.24, 2.45) is 0 Å². The largest absolute Gasteiger partial charge is 0.360 e. The van der Waals surface area contributed by atoms with Crippen LogP contribution < -0.4 is 0 Å². The molecular formula is C15H23BrN2OSi. The quantitative estimate of drug-likeness (QED) is 0.556. The highest BCUT2D eigenvalue weighted by atomic mass is 79.9. The van der Waals surface area contributed by atoms with Crippen molar-refractivity contribution in [2.75, 3.05) is 6.61 Å². The lowest BCUT2D eigenvalue weighted by Gasteiger charge is -2.15. The second-order valence-corrected chi connectivity index (χ2v) is 12.8. The number of ether oxygens (including phenoxy) is 1. The van der Waals surface area contributed by atoms with Crippen molar-refractivity contribution in [3.8, 4) is 0 Å². The maximum Gasteiger partial charge on any atom is 0.140 e. The summed E-state index contributed by atoms with van der Waals surface area (Å²) in [6, 6.07) is 7.49. The van der Waals surface area contributed by atoms with Gasteiger partial charge in [-0.05, 0) is 30.7 Å². The van der Waals surface area contributed by atoms with Crippen LogP contribution in [0, 0.1) is 0 Å². The third kappa shape index (κ3) is 3.93. The Bertz CT molecular complexity index is 589. The smallest absolute Gasteiger partial charge is 0.140 e. The molecule has 0 aliphatic carbocycles. The van der Waals surface area contributed by atoms with E-state index in [9.17, 15) is 0 Å². The summed E-state index contributed by atoms with van der Waals surface area (Å²) >= 11 is 3.53. The Morgan fingerprint density at radius 1 is 1.30 bits per heavy atom. The molecule has 0 aliphatic heterocycles. The van der Waals surface area contributed by atoms with Crippen molar-refractivity contribution in [3.63, 3.8) is 0 Å². The first-order valence-electron chi connectivity index (χ1n) is 7.13. The molecule has 0 aliphatic rings. The van der Waals surface area contributed by atoms with E-state index in [4.69, 9.17) is 4.74 Å². The zero-order chi connectivity index (χ0) is 14.8. The highest BCUT2D eigenvalue weighted by molar-refractivity contribution is 9.10. The van der Waals surface area contributed by atoms with E-state index in [1.165, 1.54) is 11.4 Å². The van der Waals surface area contributed by atoms with Crippen LogP contribution in [0.4, 0.5) is 0 Å². The summed E-state index contributed by atoms with van der Waals surface area (Å²) in [7, 11) is -1.02. The second-order valence-electron chi connectivity index (χ2n) is 6.31. The highest BCUT2D eigenvalue weighted by Gasteiger charge is 2.13. The monoisotopic (exact) mass is 354 g/mol. The van der Waals surface area contributed by atoms with Crippen LogP contribution in [0.1, 0.15) is 12.6 Å². The van der Waals surface area contributed by atoms with Gasteiger partial charge < -0.3 is 4.74 Å². The number of nitrogens with zero attached hydrogens (tertiary/aromatic N) is 2. The molecule has 110 valence electrons. The number of hydrogen-bond donors (Lipinski definition) is 0. The SMILES string of the molecule is CCc1nn(COCC[Si](C)(C)C)c2ccc(Br)cc12. The van der Waals surface area contributed by atoms with Crippen LogP contribution in [-0.2, 0) is 17.9 Å². The summed E-state index contributed by atoms with van der Waals surface area (Å²) < 4.78 is 8.89. The average molecular weight is 355 g/mol. The van der Waals surface area contributed by atoms with E-state index >= 15 is 0 Å². The molecule has 0 fully saturated rings. The standard InChI is InChI=1S/C15H23BrN2OSi/c1-5-14-13-10-12(16)6-7-15(13)18(17-14)11-19-8-9-20(2,3)4/h6-7,10H,5,8-9,11H2,1-4H3. The Balaban J connectivity index is 2.10. The van der Waals surface area contributed by atoms with Gasteiger partial charge in [-0.1, -0.05) is 42.5 Å². The molecule has 0 amide bonds. The van der Waals surface area contributed by atoms with Crippen molar-refractivity contribution in [2.45, 2.75) is 45.8 Å². The molecule has 1 aromatic carbocycles. The van der Waals surface area contributed by atoms with E-state index in [1.54, 1.807) is 0 Å². The van der Waals surface area contributed by atoms with E-state index < -0.39 is 8.07 Å². The number of hydrogen-bond acceptors (Lipinski definition) is 2. The first-order chi connectivity index (χ1) is 9.40. The molecule has 3 nitrogen and oxygen atoms in total. The predicted molar refractivity (Wildman–Crippen MR) is 90.9 cm³/mol. The Morgan fingerprint density at radius 3 is 2.70 bits per heavy atom. The number of benzene rings is 1. The molecule has 0 N–H and O–H groups in total. The fourth-order valence-electron chi connectivity index (χ4n) is 2.11. The van der Waals surface area contributed by atoms with Crippen LogP contribution in [0.25, 0.3) is 10.9 Å². The normalized spacial score (nSPS) is 12.2. The van der Waals surface area contributed by atoms with Gasteiger partial charge in [0.15, 0.2) is 0 Å². The van der Waals surface area contributed by atoms with Gasteiger partial charge >= 0.3 is 0 Å². The summed E-state index contributed by atoms with van der Waals surface area (Å²) in [6.45, 7) is 10.6. The van der Waals surface area contributed by atoms with Gasteiger partial charge in [-0.25, -0.2) is 4.68 Å². The number of fused-ring (bicyclic) bond motifs is 1. The molecule has 1 heterocycles. The lowest BCUT2D eigenvalue weighted by atomic mass is 10.2. The number of rotatable bonds is 6. The van der Waals surface area contributed by atoms with Gasteiger partial charge in [-0.3, -0.25) is 0 Å². The van der Waals surface area contributed by atoms with Crippen molar-refractivity contribution in [1.29, 1.82) is 0 Å². The maximum absolute atomic E-state index is 5.82. The van der Waals surface area contributed by atoms with E-state index in [0.717, 1.165) is 28.7 Å². The van der Waals surface area contributed by atoms with Gasteiger partial charge in [-0.15, -0.1) is 0 Å². The van der Waals surface area contributed by atoms with E-state index in [2.05, 4.69) is 65.8 Å². The molecular weight excluding hydrogens is 332 g/mol. The van der Waals surface area contributed by atoms with Crippen LogP contribution in [0.5, 0.6) is 0 Å². The molecule has 20 heavy (non-hydrogen) atoms. The fourth-order valence-corrected chi connectivity index (χ4v) is 3.22. The third-order valence-corrected chi connectivity index (χ3v) is 5.53. The summed E-state index contributed by atoms with van der Waals surface area (Å²) in [5, 5.41) is 5.88. The Morgan fingerprint density at radius 2 is 2.05 bits per heavy atom. The zero-order valence-corrected chi connectivity index (χ0v) is 15.3. The average Bonchev–Trinajstić information content (AvgIpc) is 2.71. The molecule has 1 aromatic heterocycles. The molecule has 0 spiro atoms. The molecule has 0 radical (unpaired) electrons. The minimum atomic E-state index is -1.02. The van der Waals surface area contributed by atoms with Crippen LogP contribution >= 0.6 is 15.9 Å². The van der Waals surface area contributed by atoms with Crippen LogP contribution in [0.2, 0.25) is 25.7 Å². The molecule has 0 saturated carbocycles. The highest BCUT2D eigenvalue weighted by Crippen LogP contribution is 2.23. The summed E-state index contributed by atoms with van der Waals surface area (Å²) in [5.74, 6) is 0. The molecule has 0 saturated heterocycles. The summed E-state index contributed by atoms with van der Waals surface area (Å²) in [5.41, 5.74) is 2.29. The van der Waals surface area contributed by atoms with Crippen molar-refractivity contribution in [1.82, 2.24) is 9.78 Å². The van der Waals surface area contributed by atoms with E-state index in [0.29, 0.717) is 6.73 Å². The fraction of sp³-hybridized carbons (Fsp3) is 0.533. The van der Waals surface area contributed by atoms with Gasteiger partial charge in [0.2, 0.25) is 0 Å². The Hall–Kier alpha value is -0.653. The molecule has 0 unspecified atom stereocenters. The zero-order valence-electron chi connectivity index (χ0n) is 12.7.